The Morgan fingerprint density at radius 3 is 2.90 bits per heavy atom. The normalized spacial score (nSPS) is 17.7. The number of urea groups is 1. The number of ether oxygens (including phenoxy) is 2. The molecule has 2 amide bonds. The smallest absolute Gasteiger partial charge is 0.319 e. The molecule has 0 bridgehead atoms. The molecule has 5 heteroatoms. The van der Waals surface area contributed by atoms with Crippen molar-refractivity contribution in [3.8, 4) is 0 Å². The van der Waals surface area contributed by atoms with Crippen LogP contribution in [0.3, 0.4) is 0 Å². The van der Waals surface area contributed by atoms with Gasteiger partial charge >= 0.3 is 6.03 Å². The summed E-state index contributed by atoms with van der Waals surface area (Å²) in [5.41, 5.74) is 1.97. The molecular formula is C16H24N2O3. The molecule has 0 spiro atoms. The molecule has 0 saturated carbocycles. The molecule has 116 valence electrons. The van der Waals surface area contributed by atoms with Crippen molar-refractivity contribution in [2.24, 2.45) is 0 Å². The fourth-order valence-corrected chi connectivity index (χ4v) is 2.18. The Balaban J connectivity index is 1.49. The van der Waals surface area contributed by atoms with E-state index in [0.29, 0.717) is 19.8 Å². The molecular weight excluding hydrogens is 268 g/mol. The van der Waals surface area contributed by atoms with Crippen molar-refractivity contribution in [3.05, 3.63) is 29.8 Å². The average molecular weight is 292 g/mol. The molecule has 1 unspecified atom stereocenters. The zero-order valence-corrected chi connectivity index (χ0v) is 12.6. The van der Waals surface area contributed by atoms with Crippen LogP contribution in [0.2, 0.25) is 0 Å². The van der Waals surface area contributed by atoms with Gasteiger partial charge in [0.2, 0.25) is 0 Å². The van der Waals surface area contributed by atoms with Crippen molar-refractivity contribution < 1.29 is 14.3 Å². The first-order chi connectivity index (χ1) is 10.2. The van der Waals surface area contributed by atoms with Crippen LogP contribution in [-0.4, -0.2) is 38.5 Å². The zero-order valence-electron chi connectivity index (χ0n) is 12.6. The first-order valence-electron chi connectivity index (χ1n) is 7.55. The Labute approximate surface area is 126 Å². The third-order valence-electron chi connectivity index (χ3n) is 3.39. The summed E-state index contributed by atoms with van der Waals surface area (Å²) >= 11 is 0. The average Bonchev–Trinajstić information content (AvgIpc) is 2.98. The number of rotatable bonds is 7. The predicted molar refractivity (Wildman–Crippen MR) is 82.6 cm³/mol. The van der Waals surface area contributed by atoms with Crippen LogP contribution < -0.4 is 10.6 Å². The number of hydrogen-bond acceptors (Lipinski definition) is 3. The van der Waals surface area contributed by atoms with E-state index in [4.69, 9.17) is 9.47 Å². The summed E-state index contributed by atoms with van der Waals surface area (Å²) in [6, 6.07) is 7.53. The fraction of sp³-hybridized carbons (Fsp3) is 0.562. The van der Waals surface area contributed by atoms with Crippen molar-refractivity contribution in [2.45, 2.75) is 32.3 Å². The van der Waals surface area contributed by atoms with Gasteiger partial charge in [-0.05, 0) is 38.3 Å². The van der Waals surface area contributed by atoms with Crippen LogP contribution in [-0.2, 0) is 9.47 Å². The molecule has 1 aliphatic heterocycles. The van der Waals surface area contributed by atoms with Crippen LogP contribution in [0.25, 0.3) is 0 Å². The Morgan fingerprint density at radius 2 is 2.19 bits per heavy atom. The second kappa shape index (κ2) is 8.64. The number of hydrogen-bond donors (Lipinski definition) is 2. The number of anilines is 1. The van der Waals surface area contributed by atoms with Crippen molar-refractivity contribution in [2.75, 3.05) is 31.7 Å². The van der Waals surface area contributed by atoms with E-state index in [1.54, 1.807) is 0 Å². The van der Waals surface area contributed by atoms with Crippen LogP contribution in [0.15, 0.2) is 24.3 Å². The number of aryl methyl sites for hydroxylation is 1. The molecule has 1 aromatic rings. The Morgan fingerprint density at radius 1 is 1.38 bits per heavy atom. The standard InChI is InChI=1S/C16H24N2O3/c1-13-5-7-14(8-6-13)18-16(19)17-9-3-10-20-12-15-4-2-11-21-15/h5-8,15H,2-4,9-12H2,1H3,(H2,17,18,19). The number of benzene rings is 1. The highest BCUT2D eigenvalue weighted by Gasteiger charge is 2.14. The molecule has 21 heavy (non-hydrogen) atoms. The van der Waals surface area contributed by atoms with Crippen molar-refractivity contribution in [1.29, 1.82) is 0 Å². The molecule has 5 nitrogen and oxygen atoms in total. The lowest BCUT2D eigenvalue weighted by Gasteiger charge is -2.10. The van der Waals surface area contributed by atoms with E-state index in [9.17, 15) is 4.79 Å². The van der Waals surface area contributed by atoms with Gasteiger partial charge in [-0.3, -0.25) is 0 Å². The van der Waals surface area contributed by atoms with Crippen LogP contribution in [0.5, 0.6) is 0 Å². The molecule has 0 aliphatic carbocycles. The monoisotopic (exact) mass is 292 g/mol. The molecule has 1 atom stereocenters. The molecule has 2 rings (SSSR count). The van der Waals surface area contributed by atoms with Crippen LogP contribution in [0.4, 0.5) is 10.5 Å². The van der Waals surface area contributed by atoms with E-state index in [1.165, 1.54) is 5.56 Å². The van der Waals surface area contributed by atoms with E-state index in [-0.39, 0.29) is 12.1 Å². The minimum absolute atomic E-state index is 0.182. The molecule has 0 aromatic heterocycles. The first kappa shape index (κ1) is 15.8. The number of amides is 2. The van der Waals surface area contributed by atoms with Gasteiger partial charge < -0.3 is 20.1 Å². The maximum Gasteiger partial charge on any atom is 0.319 e. The molecule has 1 saturated heterocycles. The predicted octanol–water partition coefficient (Wildman–Crippen LogP) is 2.70. The lowest BCUT2D eigenvalue weighted by Crippen LogP contribution is -2.30. The topological polar surface area (TPSA) is 59.6 Å². The number of carbonyl (C=O) groups excluding carboxylic acids is 1. The van der Waals surface area contributed by atoms with Crippen molar-refractivity contribution >= 4 is 11.7 Å². The van der Waals surface area contributed by atoms with Crippen LogP contribution >= 0.6 is 0 Å². The fourth-order valence-electron chi connectivity index (χ4n) is 2.18. The first-order valence-corrected chi connectivity index (χ1v) is 7.55. The molecule has 1 heterocycles. The number of carbonyl (C=O) groups is 1. The van der Waals surface area contributed by atoms with E-state index in [0.717, 1.165) is 31.6 Å². The summed E-state index contributed by atoms with van der Waals surface area (Å²) in [4.78, 5) is 11.7. The summed E-state index contributed by atoms with van der Waals surface area (Å²) in [7, 11) is 0. The summed E-state index contributed by atoms with van der Waals surface area (Å²) in [5, 5.41) is 5.61. The maximum absolute atomic E-state index is 11.7. The van der Waals surface area contributed by atoms with Gasteiger partial charge in [-0.15, -0.1) is 0 Å². The van der Waals surface area contributed by atoms with Crippen LogP contribution in [0, 0.1) is 6.92 Å². The van der Waals surface area contributed by atoms with Crippen LogP contribution in [0.1, 0.15) is 24.8 Å². The third-order valence-corrected chi connectivity index (χ3v) is 3.39. The van der Waals surface area contributed by atoms with Crippen molar-refractivity contribution in [1.82, 2.24) is 5.32 Å². The van der Waals surface area contributed by atoms with Gasteiger partial charge in [-0.25, -0.2) is 4.79 Å². The SMILES string of the molecule is Cc1ccc(NC(=O)NCCCOCC2CCCO2)cc1. The van der Waals surface area contributed by atoms with Gasteiger partial charge in [0.05, 0.1) is 12.7 Å². The highest BCUT2D eigenvalue weighted by atomic mass is 16.5. The number of nitrogens with one attached hydrogen (secondary N) is 2. The summed E-state index contributed by atoms with van der Waals surface area (Å²) in [6.07, 6.45) is 3.29. The third kappa shape index (κ3) is 6.14. The molecule has 0 radical (unpaired) electrons. The lowest BCUT2D eigenvalue weighted by molar-refractivity contribution is 0.0168. The summed E-state index contributed by atoms with van der Waals surface area (Å²) < 4.78 is 11.0. The highest BCUT2D eigenvalue weighted by molar-refractivity contribution is 5.89. The highest BCUT2D eigenvalue weighted by Crippen LogP contribution is 2.11. The Bertz CT molecular complexity index is 428. The Hall–Kier alpha value is -1.59. The molecule has 2 N–H and O–H groups in total. The molecule has 1 aromatic carbocycles. The molecule has 1 fully saturated rings. The van der Waals surface area contributed by atoms with Gasteiger partial charge in [-0.1, -0.05) is 17.7 Å². The second-order valence-corrected chi connectivity index (χ2v) is 5.31. The van der Waals surface area contributed by atoms with E-state index in [2.05, 4.69) is 10.6 Å². The van der Waals surface area contributed by atoms with E-state index >= 15 is 0 Å². The second-order valence-electron chi connectivity index (χ2n) is 5.31. The van der Waals surface area contributed by atoms with Gasteiger partial charge in [0.15, 0.2) is 0 Å². The van der Waals surface area contributed by atoms with Gasteiger partial charge in [0, 0.05) is 25.4 Å². The Kier molecular flexibility index (Phi) is 6.50. The zero-order chi connectivity index (χ0) is 14.9. The maximum atomic E-state index is 11.7. The van der Waals surface area contributed by atoms with Gasteiger partial charge in [0.1, 0.15) is 0 Å². The quantitative estimate of drug-likeness (QED) is 0.760. The van der Waals surface area contributed by atoms with Gasteiger partial charge in [0.25, 0.3) is 0 Å². The minimum atomic E-state index is -0.182. The van der Waals surface area contributed by atoms with E-state index in [1.807, 2.05) is 31.2 Å². The summed E-state index contributed by atoms with van der Waals surface area (Å²) in [6.45, 7) is 4.78. The summed E-state index contributed by atoms with van der Waals surface area (Å²) in [5.74, 6) is 0. The molecule has 1 aliphatic rings. The largest absolute Gasteiger partial charge is 0.379 e. The van der Waals surface area contributed by atoms with Gasteiger partial charge in [-0.2, -0.15) is 0 Å². The minimum Gasteiger partial charge on any atom is -0.379 e. The lowest BCUT2D eigenvalue weighted by atomic mass is 10.2. The van der Waals surface area contributed by atoms with Crippen molar-refractivity contribution in [3.63, 3.8) is 0 Å². The van der Waals surface area contributed by atoms with E-state index < -0.39 is 0 Å².